The van der Waals surface area contributed by atoms with Crippen LogP contribution in [0.4, 0.5) is 10.1 Å². The quantitative estimate of drug-likeness (QED) is 0.833. The molecule has 0 aliphatic rings. The number of benzene rings is 1. The molecule has 0 heterocycles. The van der Waals surface area contributed by atoms with Gasteiger partial charge in [0.1, 0.15) is 5.82 Å². The molecule has 1 rings (SSSR count). The van der Waals surface area contributed by atoms with Crippen molar-refractivity contribution in [2.24, 2.45) is 5.73 Å². The summed E-state index contributed by atoms with van der Waals surface area (Å²) in [5.41, 5.74) is 7.47. The maximum atomic E-state index is 13.8. The van der Waals surface area contributed by atoms with Gasteiger partial charge in [-0.05, 0) is 37.5 Å². The molecule has 1 aromatic rings. The molecule has 0 bridgehead atoms. The summed E-state index contributed by atoms with van der Waals surface area (Å²) in [5, 5.41) is 0. The molecule has 2 nitrogen and oxygen atoms in total. The van der Waals surface area contributed by atoms with E-state index in [1.807, 2.05) is 37.9 Å². The standard InChI is InChI=1S/C13H21FN2/c1-4-11(15)8-10-6-7-13(12(14)9-10)16(3)5-2/h6-7,9,11H,4-5,8,15H2,1-3H3. The number of nitrogens with two attached hydrogens (primary N) is 1. The van der Waals surface area contributed by atoms with E-state index in [-0.39, 0.29) is 11.9 Å². The molecule has 3 heteroatoms. The summed E-state index contributed by atoms with van der Waals surface area (Å²) in [6, 6.07) is 5.50. The number of nitrogens with zero attached hydrogens (tertiary/aromatic N) is 1. The molecular formula is C13H21FN2. The normalized spacial score (nSPS) is 12.6. The monoisotopic (exact) mass is 224 g/mol. The first-order chi connectivity index (χ1) is 7.58. The number of hydrogen-bond acceptors (Lipinski definition) is 2. The average molecular weight is 224 g/mol. The Morgan fingerprint density at radius 3 is 2.56 bits per heavy atom. The van der Waals surface area contributed by atoms with E-state index in [0.29, 0.717) is 5.69 Å². The van der Waals surface area contributed by atoms with Gasteiger partial charge in [-0.1, -0.05) is 13.0 Å². The molecule has 90 valence electrons. The van der Waals surface area contributed by atoms with E-state index in [2.05, 4.69) is 0 Å². The van der Waals surface area contributed by atoms with Gasteiger partial charge in [-0.3, -0.25) is 0 Å². The molecular weight excluding hydrogens is 203 g/mol. The van der Waals surface area contributed by atoms with E-state index >= 15 is 0 Å². The van der Waals surface area contributed by atoms with E-state index in [9.17, 15) is 4.39 Å². The zero-order valence-electron chi connectivity index (χ0n) is 10.3. The summed E-state index contributed by atoms with van der Waals surface area (Å²) in [6.45, 7) is 4.84. The predicted molar refractivity (Wildman–Crippen MR) is 67.3 cm³/mol. The lowest BCUT2D eigenvalue weighted by atomic mass is 10.0. The molecule has 0 radical (unpaired) electrons. The van der Waals surface area contributed by atoms with Crippen LogP contribution in [0.2, 0.25) is 0 Å². The Morgan fingerprint density at radius 1 is 1.38 bits per heavy atom. The summed E-state index contributed by atoms with van der Waals surface area (Å²) in [7, 11) is 1.88. The van der Waals surface area contributed by atoms with Crippen LogP contribution in [-0.4, -0.2) is 19.6 Å². The largest absolute Gasteiger partial charge is 0.373 e. The van der Waals surface area contributed by atoms with Crippen LogP contribution < -0.4 is 10.6 Å². The first-order valence-corrected chi connectivity index (χ1v) is 5.83. The SMILES string of the molecule is CCC(N)Cc1ccc(N(C)CC)c(F)c1. The van der Waals surface area contributed by atoms with Gasteiger partial charge in [0.05, 0.1) is 5.69 Å². The molecule has 0 saturated heterocycles. The fourth-order valence-electron chi connectivity index (χ4n) is 1.60. The molecule has 16 heavy (non-hydrogen) atoms. The topological polar surface area (TPSA) is 29.3 Å². The minimum absolute atomic E-state index is 0.120. The number of halogens is 1. The maximum absolute atomic E-state index is 13.8. The minimum Gasteiger partial charge on any atom is -0.373 e. The molecule has 0 aliphatic heterocycles. The van der Waals surface area contributed by atoms with Crippen LogP contribution in [0, 0.1) is 5.82 Å². The van der Waals surface area contributed by atoms with Gasteiger partial charge >= 0.3 is 0 Å². The Labute approximate surface area is 97.3 Å². The molecule has 0 amide bonds. The van der Waals surface area contributed by atoms with Crippen LogP contribution >= 0.6 is 0 Å². The van der Waals surface area contributed by atoms with Crippen molar-refractivity contribution in [2.75, 3.05) is 18.5 Å². The second-order valence-electron chi connectivity index (χ2n) is 4.17. The highest BCUT2D eigenvalue weighted by Gasteiger charge is 2.08. The van der Waals surface area contributed by atoms with Gasteiger partial charge in [-0.15, -0.1) is 0 Å². The fraction of sp³-hybridized carbons (Fsp3) is 0.538. The van der Waals surface area contributed by atoms with Gasteiger partial charge < -0.3 is 10.6 Å². The van der Waals surface area contributed by atoms with Crippen molar-refractivity contribution < 1.29 is 4.39 Å². The third-order valence-corrected chi connectivity index (χ3v) is 2.92. The fourth-order valence-corrected chi connectivity index (χ4v) is 1.60. The summed E-state index contributed by atoms with van der Waals surface area (Å²) < 4.78 is 13.8. The Morgan fingerprint density at radius 2 is 2.06 bits per heavy atom. The van der Waals surface area contributed by atoms with Crippen LogP contribution in [0.25, 0.3) is 0 Å². The van der Waals surface area contributed by atoms with E-state index in [0.717, 1.165) is 24.9 Å². The van der Waals surface area contributed by atoms with Gasteiger partial charge in [0.2, 0.25) is 0 Å². The third-order valence-electron chi connectivity index (χ3n) is 2.92. The number of hydrogen-bond donors (Lipinski definition) is 1. The average Bonchev–Trinajstić information content (AvgIpc) is 2.28. The van der Waals surface area contributed by atoms with Gasteiger partial charge in [0, 0.05) is 19.6 Å². The molecule has 0 aromatic heterocycles. The van der Waals surface area contributed by atoms with Crippen LogP contribution in [0.15, 0.2) is 18.2 Å². The number of anilines is 1. The van der Waals surface area contributed by atoms with Crippen LogP contribution in [0.3, 0.4) is 0 Å². The predicted octanol–water partition coefficient (Wildman–Crippen LogP) is 2.56. The molecule has 0 fully saturated rings. The Balaban J connectivity index is 2.82. The Hall–Kier alpha value is -1.09. The highest BCUT2D eigenvalue weighted by molar-refractivity contribution is 5.48. The summed E-state index contributed by atoms with van der Waals surface area (Å²) in [4.78, 5) is 1.89. The molecule has 1 atom stereocenters. The Kier molecular flexibility index (Phi) is 4.74. The second kappa shape index (κ2) is 5.85. The van der Waals surface area contributed by atoms with E-state index in [1.54, 1.807) is 6.07 Å². The van der Waals surface area contributed by atoms with Crippen molar-refractivity contribution in [3.05, 3.63) is 29.6 Å². The van der Waals surface area contributed by atoms with Gasteiger partial charge in [0.15, 0.2) is 0 Å². The van der Waals surface area contributed by atoms with Crippen molar-refractivity contribution in [3.63, 3.8) is 0 Å². The van der Waals surface area contributed by atoms with Gasteiger partial charge in [0.25, 0.3) is 0 Å². The molecule has 2 N–H and O–H groups in total. The molecule has 1 unspecified atom stereocenters. The molecule has 0 saturated carbocycles. The van der Waals surface area contributed by atoms with E-state index < -0.39 is 0 Å². The zero-order valence-corrected chi connectivity index (χ0v) is 10.3. The van der Waals surface area contributed by atoms with Crippen molar-refractivity contribution in [1.29, 1.82) is 0 Å². The molecule has 0 aliphatic carbocycles. The molecule has 1 aromatic carbocycles. The molecule has 0 spiro atoms. The van der Waals surface area contributed by atoms with E-state index in [1.165, 1.54) is 0 Å². The zero-order chi connectivity index (χ0) is 12.1. The smallest absolute Gasteiger partial charge is 0.146 e. The van der Waals surface area contributed by atoms with Crippen molar-refractivity contribution in [2.45, 2.75) is 32.7 Å². The third kappa shape index (κ3) is 3.20. The van der Waals surface area contributed by atoms with Crippen LogP contribution in [0.5, 0.6) is 0 Å². The summed E-state index contributed by atoms with van der Waals surface area (Å²) in [5.74, 6) is -0.162. The maximum Gasteiger partial charge on any atom is 0.146 e. The lowest BCUT2D eigenvalue weighted by molar-refractivity contribution is 0.611. The highest BCUT2D eigenvalue weighted by Crippen LogP contribution is 2.20. The number of rotatable bonds is 5. The van der Waals surface area contributed by atoms with Gasteiger partial charge in [-0.25, -0.2) is 4.39 Å². The second-order valence-corrected chi connectivity index (χ2v) is 4.17. The van der Waals surface area contributed by atoms with Crippen LogP contribution in [-0.2, 0) is 6.42 Å². The van der Waals surface area contributed by atoms with Gasteiger partial charge in [-0.2, -0.15) is 0 Å². The van der Waals surface area contributed by atoms with E-state index in [4.69, 9.17) is 5.73 Å². The first kappa shape index (κ1) is 13.0. The first-order valence-electron chi connectivity index (χ1n) is 5.83. The lowest BCUT2D eigenvalue weighted by Crippen LogP contribution is -2.22. The summed E-state index contributed by atoms with van der Waals surface area (Å²) in [6.07, 6.45) is 1.65. The highest BCUT2D eigenvalue weighted by atomic mass is 19.1. The van der Waals surface area contributed by atoms with Crippen molar-refractivity contribution >= 4 is 5.69 Å². The van der Waals surface area contributed by atoms with Crippen molar-refractivity contribution in [1.82, 2.24) is 0 Å². The lowest BCUT2D eigenvalue weighted by Gasteiger charge is -2.18. The Bertz CT molecular complexity index is 339. The van der Waals surface area contributed by atoms with Crippen molar-refractivity contribution in [3.8, 4) is 0 Å². The van der Waals surface area contributed by atoms with Crippen LogP contribution in [0.1, 0.15) is 25.8 Å². The summed E-state index contributed by atoms with van der Waals surface area (Å²) >= 11 is 0. The minimum atomic E-state index is -0.162.